The Bertz CT molecular complexity index is 957. The molecule has 4 rings (SSSR count). The summed E-state index contributed by atoms with van der Waals surface area (Å²) in [6.45, 7) is -0.460. The molecule has 4 atom stereocenters. The normalized spacial score (nSPS) is 25.6. The van der Waals surface area contributed by atoms with E-state index < -0.39 is 31.1 Å². The number of ether oxygens (including phenoxy) is 1. The van der Waals surface area contributed by atoms with E-state index in [0.29, 0.717) is 5.76 Å². The lowest BCUT2D eigenvalue weighted by Gasteiger charge is -2.18. The van der Waals surface area contributed by atoms with Gasteiger partial charge >= 0.3 is 0 Å². The molecule has 0 unspecified atom stereocenters. The van der Waals surface area contributed by atoms with Crippen molar-refractivity contribution in [1.82, 2.24) is 19.5 Å². The molecule has 142 valence electrons. The number of nitrogens with two attached hydrogens (primary N) is 1. The second-order valence-electron chi connectivity index (χ2n) is 5.85. The van der Waals surface area contributed by atoms with Crippen LogP contribution in [-0.4, -0.2) is 66.0 Å². The Morgan fingerprint density at radius 1 is 1.33 bits per heavy atom. The second kappa shape index (κ2) is 6.92. The molecular weight excluding hydrogens is 358 g/mol. The van der Waals surface area contributed by atoms with E-state index in [1.807, 2.05) is 0 Å². The van der Waals surface area contributed by atoms with Gasteiger partial charge in [-0.15, -0.1) is 0 Å². The molecule has 0 bridgehead atoms. The second-order valence-corrected chi connectivity index (χ2v) is 5.85. The number of aromatic nitrogens is 4. The maximum absolute atomic E-state index is 10.4. The minimum atomic E-state index is -1.33. The van der Waals surface area contributed by atoms with Crippen molar-refractivity contribution in [3.8, 4) is 0 Å². The van der Waals surface area contributed by atoms with E-state index in [4.69, 9.17) is 14.9 Å². The molecule has 0 aromatic carbocycles. The van der Waals surface area contributed by atoms with Gasteiger partial charge in [-0.1, -0.05) is 0 Å². The maximum Gasteiger partial charge on any atom is 0.228 e. The summed E-state index contributed by atoms with van der Waals surface area (Å²) in [6.07, 6.45) is -0.463. The molecule has 27 heavy (non-hydrogen) atoms. The number of aliphatic hydroxyl groups is 3. The number of anilines is 2. The summed E-state index contributed by atoms with van der Waals surface area (Å²) in [5.41, 5.74) is 9.11. The first-order valence-corrected chi connectivity index (χ1v) is 8.03. The fraction of sp³-hybridized carbons (Fsp3) is 0.333. The minimum absolute atomic E-state index is 0.128. The Morgan fingerprint density at radius 3 is 2.89 bits per heavy atom. The molecule has 1 aliphatic heterocycles. The number of hydrazone groups is 1. The number of nitrogens with zero attached hydrogens (tertiary/aromatic N) is 5. The zero-order valence-electron chi connectivity index (χ0n) is 13.9. The summed E-state index contributed by atoms with van der Waals surface area (Å²) in [5, 5.41) is 33.8. The van der Waals surface area contributed by atoms with Gasteiger partial charge in [0.1, 0.15) is 30.4 Å². The van der Waals surface area contributed by atoms with Crippen LogP contribution in [0, 0.1) is 0 Å². The molecule has 6 N–H and O–H groups in total. The first-order valence-electron chi connectivity index (χ1n) is 8.03. The van der Waals surface area contributed by atoms with Gasteiger partial charge in [-0.2, -0.15) is 5.10 Å². The van der Waals surface area contributed by atoms with Crippen molar-refractivity contribution >= 4 is 29.1 Å². The van der Waals surface area contributed by atoms with Crippen LogP contribution in [0.4, 0.5) is 11.8 Å². The molecule has 1 aliphatic rings. The predicted octanol–water partition coefficient (Wildman–Crippen LogP) is -0.941. The molecule has 3 aromatic rings. The van der Waals surface area contributed by atoms with Crippen LogP contribution in [0.1, 0.15) is 12.0 Å². The van der Waals surface area contributed by atoms with E-state index in [0.717, 1.165) is 0 Å². The summed E-state index contributed by atoms with van der Waals surface area (Å²) < 4.78 is 12.1. The van der Waals surface area contributed by atoms with E-state index in [1.54, 1.807) is 12.1 Å². The summed E-state index contributed by atoms with van der Waals surface area (Å²) in [4.78, 5) is 12.3. The quantitative estimate of drug-likeness (QED) is 0.276. The van der Waals surface area contributed by atoms with E-state index in [1.165, 1.54) is 23.4 Å². The van der Waals surface area contributed by atoms with Gasteiger partial charge in [0.25, 0.3) is 0 Å². The number of hydrogen-bond donors (Lipinski definition) is 5. The number of fused-ring (bicyclic) bond motifs is 1. The van der Waals surface area contributed by atoms with Gasteiger partial charge in [-0.05, 0) is 12.1 Å². The minimum Gasteiger partial charge on any atom is -0.463 e. The maximum atomic E-state index is 10.4. The smallest absolute Gasteiger partial charge is 0.228 e. The average molecular weight is 375 g/mol. The van der Waals surface area contributed by atoms with Gasteiger partial charge in [0.05, 0.1) is 19.1 Å². The molecule has 1 saturated heterocycles. The van der Waals surface area contributed by atoms with Crippen molar-refractivity contribution in [2.75, 3.05) is 17.8 Å². The van der Waals surface area contributed by atoms with E-state index in [-0.39, 0.29) is 22.9 Å². The third kappa shape index (κ3) is 3.00. The molecular formula is C15H17N7O5. The zero-order chi connectivity index (χ0) is 19.0. The average Bonchev–Trinajstić information content (AvgIpc) is 3.36. The third-order valence-electron chi connectivity index (χ3n) is 4.18. The molecule has 12 nitrogen and oxygen atoms in total. The van der Waals surface area contributed by atoms with Crippen molar-refractivity contribution < 1.29 is 24.5 Å². The first-order chi connectivity index (χ1) is 13.1. The van der Waals surface area contributed by atoms with Gasteiger partial charge in [0.2, 0.25) is 5.95 Å². The Kier molecular flexibility index (Phi) is 4.45. The van der Waals surface area contributed by atoms with Crippen LogP contribution in [0.3, 0.4) is 0 Å². The molecule has 12 heteroatoms. The predicted molar refractivity (Wildman–Crippen MR) is 92.7 cm³/mol. The van der Waals surface area contributed by atoms with E-state index in [9.17, 15) is 15.3 Å². The summed E-state index contributed by atoms with van der Waals surface area (Å²) >= 11 is 0. The van der Waals surface area contributed by atoms with Crippen molar-refractivity contribution in [3.63, 3.8) is 0 Å². The molecule has 0 saturated carbocycles. The number of nitrogens with one attached hydrogen (secondary N) is 1. The van der Waals surface area contributed by atoms with Crippen molar-refractivity contribution in [2.45, 2.75) is 24.5 Å². The lowest BCUT2D eigenvalue weighted by molar-refractivity contribution is -0.0501. The van der Waals surface area contributed by atoms with E-state index in [2.05, 4.69) is 25.5 Å². The lowest BCUT2D eigenvalue weighted by atomic mass is 10.1. The van der Waals surface area contributed by atoms with Crippen LogP contribution in [0.15, 0.2) is 34.2 Å². The number of imidazole rings is 1. The van der Waals surface area contributed by atoms with Gasteiger partial charge < -0.3 is 30.2 Å². The summed E-state index contributed by atoms with van der Waals surface area (Å²) in [7, 11) is 0. The topological polar surface area (TPSA) is 177 Å². The highest BCUT2D eigenvalue weighted by Crippen LogP contribution is 2.35. The summed E-state index contributed by atoms with van der Waals surface area (Å²) in [6, 6.07) is 3.43. The molecule has 3 aromatic heterocycles. The van der Waals surface area contributed by atoms with Crippen LogP contribution in [-0.2, 0) is 4.74 Å². The monoisotopic (exact) mass is 375 g/mol. The number of nitrogen functional groups attached to an aromatic ring is 1. The zero-order valence-corrected chi connectivity index (χ0v) is 13.9. The Hall–Kier alpha value is -3.06. The molecule has 0 amide bonds. The molecule has 4 heterocycles. The third-order valence-corrected chi connectivity index (χ3v) is 4.18. The van der Waals surface area contributed by atoms with Crippen molar-refractivity contribution in [3.05, 3.63) is 30.5 Å². The Morgan fingerprint density at radius 2 is 2.19 bits per heavy atom. The van der Waals surface area contributed by atoms with Crippen molar-refractivity contribution in [2.24, 2.45) is 5.10 Å². The fourth-order valence-electron chi connectivity index (χ4n) is 2.86. The highest BCUT2D eigenvalue weighted by Gasteiger charge is 2.45. The van der Waals surface area contributed by atoms with Crippen LogP contribution in [0.2, 0.25) is 0 Å². The number of furan rings is 1. The largest absolute Gasteiger partial charge is 0.463 e. The Labute approximate surface area is 151 Å². The van der Waals surface area contributed by atoms with Crippen LogP contribution < -0.4 is 11.2 Å². The van der Waals surface area contributed by atoms with Crippen molar-refractivity contribution in [1.29, 1.82) is 0 Å². The van der Waals surface area contributed by atoms with Gasteiger partial charge in [-0.25, -0.2) is 20.4 Å². The van der Waals surface area contributed by atoms with Gasteiger partial charge in [0, 0.05) is 0 Å². The molecule has 0 radical (unpaired) electrons. The highest BCUT2D eigenvalue weighted by molar-refractivity contribution is 5.84. The molecule has 0 spiro atoms. The number of rotatable bonds is 5. The Balaban J connectivity index is 1.74. The summed E-state index contributed by atoms with van der Waals surface area (Å²) in [5.74, 6) is 0.788. The SMILES string of the molecule is Nc1ncnc2c1nc(N/N=C\c1ccco1)n2[C@H]1O[C@@H](CO)[C@H](O)[C@@H]1O. The van der Waals surface area contributed by atoms with Crippen LogP contribution >= 0.6 is 0 Å². The van der Waals surface area contributed by atoms with Gasteiger partial charge in [-0.3, -0.25) is 4.57 Å². The first kappa shape index (κ1) is 17.4. The lowest BCUT2D eigenvalue weighted by Crippen LogP contribution is -2.33. The molecule has 0 aliphatic carbocycles. The molecule has 1 fully saturated rings. The van der Waals surface area contributed by atoms with E-state index >= 15 is 0 Å². The number of hydrogen-bond acceptors (Lipinski definition) is 11. The van der Waals surface area contributed by atoms with Crippen LogP contribution in [0.25, 0.3) is 11.2 Å². The standard InChI is InChI=1S/C15H17N7O5/c16-12-9-13(18-6-17-12)22(14-11(25)10(24)8(5-23)27-14)15(20-9)21-19-4-7-2-1-3-26-7/h1-4,6,8,10-11,14,23-25H,5H2,(H,20,21)(H2,16,17,18)/b19-4-/t8-,10-,11-,14-/m0/s1. The van der Waals surface area contributed by atoms with Crippen LogP contribution in [0.5, 0.6) is 0 Å². The van der Waals surface area contributed by atoms with Gasteiger partial charge in [0.15, 0.2) is 23.2 Å². The fourth-order valence-corrected chi connectivity index (χ4v) is 2.86. The highest BCUT2D eigenvalue weighted by atomic mass is 16.6. The number of aliphatic hydroxyl groups excluding tert-OH is 3.